The Balaban J connectivity index is -0.00000117. The highest BCUT2D eigenvalue weighted by molar-refractivity contribution is 5.82. The molecule has 92 heavy (non-hydrogen) atoms. The van der Waals surface area contributed by atoms with Crippen LogP contribution in [-0.2, 0) is 100 Å². The first kappa shape index (κ1) is 89.8. The average molecular weight is 1380 g/mol. The maximum absolute atomic E-state index is 14.3. The Hall–Kier alpha value is -6.39. The van der Waals surface area contributed by atoms with E-state index in [1.807, 2.05) is 13.8 Å². The fraction of sp³-hybridized carbons (Fsp3) is 0.821. The van der Waals surface area contributed by atoms with E-state index in [-0.39, 0.29) is 45.4 Å². The fourth-order valence-corrected chi connectivity index (χ4v) is 5.24. The van der Waals surface area contributed by atoms with Crippen molar-refractivity contribution in [2.75, 3.05) is 79.3 Å². The zero-order valence-electron chi connectivity index (χ0n) is 53.7. The molecule has 0 amide bonds. The SMILES string of the molecule is CCC(C)(C)C(=O)OCC(=O)OCC(=O)OCCC(C)(F)F.CCC(C)(C)C(=O)OCCC(=O)OCC1(F)C(F)(F)C(F)(F)C(F)(F)C(F)(F)C1(F)F.CCC(C)(C)C(=O)OCCOCC(=O)OCCC(C)(F)F.CCOC(=O)COC(=O)COC(=O)C(C)(C)CC. The molecular weight excluding hydrogens is 1290 g/mol. The summed E-state index contributed by atoms with van der Waals surface area (Å²) in [6, 6.07) is 0. The summed E-state index contributed by atoms with van der Waals surface area (Å²) in [6.45, 7) is 16.3. The van der Waals surface area contributed by atoms with Gasteiger partial charge in [0.25, 0.3) is 5.67 Å². The molecule has 1 saturated carbocycles. The molecule has 0 atom stereocenters. The normalized spacial score (nSPS) is 16.0. The summed E-state index contributed by atoms with van der Waals surface area (Å²) in [5.41, 5.74) is -9.33. The first-order chi connectivity index (χ1) is 41.5. The average Bonchev–Trinajstić information content (AvgIpc) is 0.667. The number of esters is 10. The molecule has 0 saturated heterocycles. The molecule has 0 N–H and O–H groups in total. The van der Waals surface area contributed by atoms with Gasteiger partial charge >= 0.3 is 89.3 Å². The lowest BCUT2D eigenvalue weighted by molar-refractivity contribution is -0.487. The van der Waals surface area contributed by atoms with Crippen molar-refractivity contribution in [3.63, 3.8) is 0 Å². The highest BCUT2D eigenvalue weighted by Gasteiger charge is 3.01. The highest BCUT2D eigenvalue weighted by Crippen LogP contribution is 2.69. The number of alkyl halides is 15. The monoisotopic (exact) mass is 1380 g/mol. The van der Waals surface area contributed by atoms with Crippen molar-refractivity contribution in [1.29, 1.82) is 0 Å². The van der Waals surface area contributed by atoms with Gasteiger partial charge < -0.3 is 52.1 Å². The van der Waals surface area contributed by atoms with Crippen molar-refractivity contribution in [2.24, 2.45) is 21.7 Å². The van der Waals surface area contributed by atoms with Crippen molar-refractivity contribution < 1.29 is 166 Å². The third-order valence-electron chi connectivity index (χ3n) is 13.2. The second-order valence-corrected chi connectivity index (χ2v) is 22.7. The van der Waals surface area contributed by atoms with E-state index in [1.165, 1.54) is 13.8 Å². The minimum Gasteiger partial charge on any atom is -0.465 e. The Morgan fingerprint density at radius 3 is 0.913 bits per heavy atom. The number of hydrogen-bond acceptors (Lipinski definition) is 21. The minimum absolute atomic E-state index is 0.0303. The van der Waals surface area contributed by atoms with Crippen LogP contribution < -0.4 is 0 Å². The van der Waals surface area contributed by atoms with E-state index in [0.29, 0.717) is 26.2 Å². The molecule has 1 fully saturated rings. The van der Waals surface area contributed by atoms with E-state index < -0.39 is 188 Å². The van der Waals surface area contributed by atoms with E-state index >= 15 is 0 Å². The number of rotatable bonds is 33. The topological polar surface area (TPSA) is 272 Å². The Morgan fingerprint density at radius 1 is 0.304 bits per heavy atom. The van der Waals surface area contributed by atoms with Gasteiger partial charge in [-0.25, -0.2) is 45.9 Å². The standard InChI is InChI=1S/C16H17F11O4.C14H22F2O6.C14H24F2O5.C12H20O6/c1-4-10(2,3)9(29)30-6-5-8(28)31-7-11(17)12(18,19)14(22,23)16(26,27)15(24,25)13(11,20)21;1-5-13(2,3)12(19)22-9-11(18)21-8-10(17)20-7-6-14(4,15)16;1-5-13(2,3)12(18)21-9-8-19-10-11(17)20-7-6-14(4,15)16;1-5-12(3,4)11(15)18-8-10(14)17-7-9(13)16-6-2/h4-7H2,1-3H3;5-9H2,1-4H3;5-10H2,1-4H3;5-8H2,1-4H3. The van der Waals surface area contributed by atoms with Crippen molar-refractivity contribution in [3.8, 4) is 0 Å². The molecule has 0 radical (unpaired) electrons. The van der Waals surface area contributed by atoms with Crippen LogP contribution in [-0.4, -0.2) is 186 Å². The number of halogens is 15. The van der Waals surface area contributed by atoms with Gasteiger partial charge in [-0.3, -0.25) is 24.0 Å². The molecule has 0 aromatic rings. The Labute approximate surface area is 521 Å². The predicted molar refractivity (Wildman–Crippen MR) is 286 cm³/mol. The first-order valence-electron chi connectivity index (χ1n) is 28.0. The van der Waals surface area contributed by atoms with E-state index in [9.17, 15) is 114 Å². The molecule has 0 unspecified atom stereocenters. The van der Waals surface area contributed by atoms with Gasteiger partial charge in [0.1, 0.15) is 26.4 Å². The van der Waals surface area contributed by atoms with Gasteiger partial charge in [-0.2, -0.15) is 43.9 Å². The summed E-state index contributed by atoms with van der Waals surface area (Å²) >= 11 is 0. The largest absolute Gasteiger partial charge is 0.465 e. The van der Waals surface area contributed by atoms with Crippen LogP contribution in [0.1, 0.15) is 149 Å². The van der Waals surface area contributed by atoms with Crippen molar-refractivity contribution >= 4 is 59.7 Å². The molecule has 1 aliphatic rings. The van der Waals surface area contributed by atoms with Crippen LogP contribution in [0.15, 0.2) is 0 Å². The summed E-state index contributed by atoms with van der Waals surface area (Å²) < 4.78 is 249. The summed E-state index contributed by atoms with van der Waals surface area (Å²) in [7, 11) is 0. The lowest BCUT2D eigenvalue weighted by atomic mass is 9.72. The predicted octanol–water partition coefficient (Wildman–Crippen LogP) is 10.5. The molecule has 1 rings (SSSR count). The summed E-state index contributed by atoms with van der Waals surface area (Å²) in [4.78, 5) is 113. The molecule has 0 bridgehead atoms. The summed E-state index contributed by atoms with van der Waals surface area (Å²) in [5.74, 6) is -49.9. The number of hydrogen-bond donors (Lipinski definition) is 0. The maximum Gasteiger partial charge on any atom is 0.384 e. The van der Waals surface area contributed by atoms with E-state index in [1.54, 1.807) is 62.3 Å². The van der Waals surface area contributed by atoms with Crippen LogP contribution in [0.2, 0.25) is 0 Å². The maximum atomic E-state index is 14.3. The van der Waals surface area contributed by atoms with Gasteiger partial charge in [0.2, 0.25) is 11.8 Å². The third kappa shape index (κ3) is 28.9. The number of ether oxygens (including phenoxy) is 11. The van der Waals surface area contributed by atoms with Crippen LogP contribution in [0.25, 0.3) is 0 Å². The van der Waals surface area contributed by atoms with Crippen molar-refractivity contribution in [1.82, 2.24) is 0 Å². The second kappa shape index (κ2) is 37.5. The van der Waals surface area contributed by atoms with Crippen LogP contribution in [0, 0.1) is 21.7 Å². The van der Waals surface area contributed by atoms with Gasteiger partial charge in [0.05, 0.1) is 54.5 Å². The number of carbonyl (C=O) groups excluding carboxylic acids is 10. The molecule has 21 nitrogen and oxygen atoms in total. The van der Waals surface area contributed by atoms with E-state index in [2.05, 4.69) is 33.2 Å². The zero-order chi connectivity index (χ0) is 73.0. The molecule has 36 heteroatoms. The smallest absolute Gasteiger partial charge is 0.384 e. The number of carbonyl (C=O) groups is 10. The van der Waals surface area contributed by atoms with E-state index in [4.69, 9.17) is 18.9 Å². The Kier molecular flexibility index (Phi) is 36.6. The Morgan fingerprint density at radius 2 is 0.587 bits per heavy atom. The molecule has 0 spiro atoms. The fourth-order valence-electron chi connectivity index (χ4n) is 5.24. The van der Waals surface area contributed by atoms with Gasteiger partial charge in [0, 0.05) is 12.8 Å². The van der Waals surface area contributed by atoms with Crippen LogP contribution >= 0.6 is 0 Å². The van der Waals surface area contributed by atoms with Crippen LogP contribution in [0.4, 0.5) is 65.9 Å². The molecule has 0 aromatic heterocycles. The van der Waals surface area contributed by atoms with Crippen molar-refractivity contribution in [3.05, 3.63) is 0 Å². The second-order valence-electron chi connectivity index (χ2n) is 22.7. The van der Waals surface area contributed by atoms with Gasteiger partial charge in [-0.1, -0.05) is 27.7 Å². The lowest BCUT2D eigenvalue weighted by Crippen LogP contribution is -2.84. The molecule has 0 aliphatic heterocycles. The van der Waals surface area contributed by atoms with Gasteiger partial charge in [-0.15, -0.1) is 0 Å². The van der Waals surface area contributed by atoms with Crippen LogP contribution in [0.3, 0.4) is 0 Å². The van der Waals surface area contributed by atoms with Gasteiger partial charge in [0.15, 0.2) is 26.4 Å². The van der Waals surface area contributed by atoms with Gasteiger partial charge in [-0.05, 0) is 102 Å². The molecule has 538 valence electrons. The summed E-state index contributed by atoms with van der Waals surface area (Å²) in [6.07, 6.45) is -0.168. The Bertz CT molecular complexity index is 2380. The third-order valence-corrected chi connectivity index (χ3v) is 13.2. The minimum atomic E-state index is -7.34. The zero-order valence-corrected chi connectivity index (χ0v) is 53.7. The van der Waals surface area contributed by atoms with E-state index in [0.717, 1.165) is 6.92 Å². The molecule has 0 aromatic carbocycles. The molecule has 0 heterocycles. The first-order valence-corrected chi connectivity index (χ1v) is 28.0. The quantitative estimate of drug-likeness (QED) is 0.0256. The van der Waals surface area contributed by atoms with Crippen LogP contribution in [0.5, 0.6) is 0 Å². The molecular formula is C56H83F15O21. The van der Waals surface area contributed by atoms with Crippen molar-refractivity contribution in [2.45, 2.75) is 196 Å². The molecule has 1 aliphatic carbocycles. The lowest BCUT2D eigenvalue weighted by Gasteiger charge is -2.52. The summed E-state index contributed by atoms with van der Waals surface area (Å²) in [5, 5.41) is 0. The highest BCUT2D eigenvalue weighted by atomic mass is 19.4.